The van der Waals surface area contributed by atoms with Crippen molar-refractivity contribution in [2.75, 3.05) is 5.88 Å². The Kier molecular flexibility index (Phi) is 5.16. The summed E-state index contributed by atoms with van der Waals surface area (Å²) in [6, 6.07) is 3.63. The van der Waals surface area contributed by atoms with Crippen molar-refractivity contribution in [3.8, 4) is 0 Å². The second-order valence-corrected chi connectivity index (χ2v) is 4.35. The predicted octanol–water partition coefficient (Wildman–Crippen LogP) is 3.32. The maximum absolute atomic E-state index is 13.3. The van der Waals surface area contributed by atoms with E-state index in [0.29, 0.717) is 23.9 Å². The van der Waals surface area contributed by atoms with Gasteiger partial charge >= 0.3 is 0 Å². The van der Waals surface area contributed by atoms with Crippen molar-refractivity contribution in [3.05, 3.63) is 35.4 Å². The first kappa shape index (κ1) is 13.4. The molecule has 2 atom stereocenters. The normalized spacial score (nSPS) is 14.8. The summed E-state index contributed by atoms with van der Waals surface area (Å²) in [4.78, 5) is 0. The Balaban J connectivity index is 2.57. The van der Waals surface area contributed by atoms with E-state index in [0.717, 1.165) is 12.1 Å². The molecule has 1 nitrogen and oxygen atoms in total. The number of alkyl halides is 1. The standard InChI is InChI=1S/C12H16ClF2N/c1-8(6-13)9(2)16-7-10-5-11(14)3-4-12(10)15/h3-5,8-9,16H,6-7H2,1-2H3. The lowest BCUT2D eigenvalue weighted by molar-refractivity contribution is 0.424. The van der Waals surface area contributed by atoms with Crippen LogP contribution in [0.3, 0.4) is 0 Å². The molecule has 1 aromatic carbocycles. The van der Waals surface area contributed by atoms with Crippen LogP contribution in [0.15, 0.2) is 18.2 Å². The van der Waals surface area contributed by atoms with Gasteiger partial charge in [-0.05, 0) is 31.0 Å². The smallest absolute Gasteiger partial charge is 0.127 e. The van der Waals surface area contributed by atoms with Crippen molar-refractivity contribution in [2.24, 2.45) is 5.92 Å². The van der Waals surface area contributed by atoms with Gasteiger partial charge in [0.1, 0.15) is 11.6 Å². The molecule has 1 rings (SSSR count). The minimum Gasteiger partial charge on any atom is -0.310 e. The average Bonchev–Trinajstić information content (AvgIpc) is 2.28. The van der Waals surface area contributed by atoms with Gasteiger partial charge in [0.2, 0.25) is 0 Å². The van der Waals surface area contributed by atoms with Gasteiger partial charge < -0.3 is 5.32 Å². The summed E-state index contributed by atoms with van der Waals surface area (Å²) in [5, 5.41) is 3.13. The van der Waals surface area contributed by atoms with Gasteiger partial charge in [-0.2, -0.15) is 0 Å². The van der Waals surface area contributed by atoms with Gasteiger partial charge in [-0.15, -0.1) is 11.6 Å². The quantitative estimate of drug-likeness (QED) is 0.787. The highest BCUT2D eigenvalue weighted by Crippen LogP contribution is 2.11. The minimum atomic E-state index is -0.420. The largest absolute Gasteiger partial charge is 0.310 e. The van der Waals surface area contributed by atoms with Crippen molar-refractivity contribution in [3.63, 3.8) is 0 Å². The van der Waals surface area contributed by atoms with Crippen LogP contribution in [0.4, 0.5) is 8.78 Å². The molecule has 16 heavy (non-hydrogen) atoms. The Bertz CT molecular complexity index is 344. The molecule has 4 heteroatoms. The maximum Gasteiger partial charge on any atom is 0.127 e. The second-order valence-electron chi connectivity index (χ2n) is 4.04. The molecule has 0 saturated carbocycles. The van der Waals surface area contributed by atoms with Crippen molar-refractivity contribution in [2.45, 2.75) is 26.4 Å². The number of nitrogens with one attached hydrogen (secondary N) is 1. The van der Waals surface area contributed by atoms with Crippen LogP contribution in [0, 0.1) is 17.6 Å². The highest BCUT2D eigenvalue weighted by atomic mass is 35.5. The van der Waals surface area contributed by atoms with E-state index < -0.39 is 5.82 Å². The lowest BCUT2D eigenvalue weighted by atomic mass is 10.1. The fourth-order valence-corrected chi connectivity index (χ4v) is 1.55. The van der Waals surface area contributed by atoms with Gasteiger partial charge in [-0.3, -0.25) is 0 Å². The Labute approximate surface area is 99.8 Å². The van der Waals surface area contributed by atoms with Crippen LogP contribution in [0.2, 0.25) is 0 Å². The maximum atomic E-state index is 13.3. The first-order valence-electron chi connectivity index (χ1n) is 5.28. The molecular formula is C12H16ClF2N. The molecule has 0 heterocycles. The lowest BCUT2D eigenvalue weighted by Crippen LogP contribution is -2.32. The Morgan fingerprint density at radius 3 is 2.62 bits per heavy atom. The molecule has 0 aromatic heterocycles. The number of halogens is 3. The summed E-state index contributed by atoms with van der Waals surface area (Å²) in [7, 11) is 0. The van der Waals surface area contributed by atoms with E-state index in [9.17, 15) is 8.78 Å². The van der Waals surface area contributed by atoms with E-state index in [1.54, 1.807) is 0 Å². The van der Waals surface area contributed by atoms with Crippen molar-refractivity contribution >= 4 is 11.6 Å². The summed E-state index contributed by atoms with van der Waals surface area (Å²) in [5.74, 6) is 0.0222. The second kappa shape index (κ2) is 6.16. The highest BCUT2D eigenvalue weighted by Gasteiger charge is 2.11. The number of benzene rings is 1. The number of rotatable bonds is 5. The van der Waals surface area contributed by atoms with Crippen LogP contribution in [-0.2, 0) is 6.54 Å². The third kappa shape index (κ3) is 3.72. The Morgan fingerprint density at radius 1 is 1.31 bits per heavy atom. The van der Waals surface area contributed by atoms with Gasteiger partial charge in [-0.1, -0.05) is 6.92 Å². The molecular weight excluding hydrogens is 232 g/mol. The van der Waals surface area contributed by atoms with E-state index in [1.807, 2.05) is 13.8 Å². The molecule has 0 aliphatic rings. The molecule has 0 amide bonds. The minimum absolute atomic E-state index is 0.167. The Hall–Kier alpha value is -0.670. The first-order valence-corrected chi connectivity index (χ1v) is 5.81. The molecule has 1 aromatic rings. The third-order valence-corrected chi connectivity index (χ3v) is 3.21. The van der Waals surface area contributed by atoms with Crippen molar-refractivity contribution in [1.29, 1.82) is 0 Å². The van der Waals surface area contributed by atoms with Crippen LogP contribution in [-0.4, -0.2) is 11.9 Å². The van der Waals surface area contributed by atoms with Crippen LogP contribution in [0.5, 0.6) is 0 Å². The van der Waals surface area contributed by atoms with E-state index in [4.69, 9.17) is 11.6 Å². The number of hydrogen-bond acceptors (Lipinski definition) is 1. The topological polar surface area (TPSA) is 12.0 Å². The molecule has 90 valence electrons. The van der Waals surface area contributed by atoms with Crippen LogP contribution in [0.1, 0.15) is 19.4 Å². The van der Waals surface area contributed by atoms with Gasteiger partial charge in [0.25, 0.3) is 0 Å². The molecule has 0 aliphatic heterocycles. The van der Waals surface area contributed by atoms with E-state index in [2.05, 4.69) is 5.32 Å². The fraction of sp³-hybridized carbons (Fsp3) is 0.500. The van der Waals surface area contributed by atoms with Gasteiger partial charge in [0.05, 0.1) is 0 Å². The zero-order chi connectivity index (χ0) is 12.1. The summed E-state index contributed by atoms with van der Waals surface area (Å²) in [5.41, 5.74) is 0.341. The molecule has 0 bridgehead atoms. The fourth-order valence-electron chi connectivity index (χ4n) is 1.28. The van der Waals surface area contributed by atoms with E-state index in [1.165, 1.54) is 6.07 Å². The first-order chi connectivity index (χ1) is 7.54. The van der Waals surface area contributed by atoms with Gasteiger partial charge in [-0.25, -0.2) is 8.78 Å². The molecule has 0 saturated heterocycles. The molecule has 2 unspecified atom stereocenters. The van der Waals surface area contributed by atoms with Crippen molar-refractivity contribution in [1.82, 2.24) is 5.32 Å². The van der Waals surface area contributed by atoms with Gasteiger partial charge in [0.15, 0.2) is 0 Å². The predicted molar refractivity (Wildman–Crippen MR) is 62.5 cm³/mol. The van der Waals surface area contributed by atoms with Crippen LogP contribution >= 0.6 is 11.6 Å². The summed E-state index contributed by atoms with van der Waals surface area (Å²) in [6.45, 7) is 4.29. The van der Waals surface area contributed by atoms with E-state index in [-0.39, 0.29) is 11.9 Å². The monoisotopic (exact) mass is 247 g/mol. The van der Waals surface area contributed by atoms with Crippen molar-refractivity contribution < 1.29 is 8.78 Å². The average molecular weight is 248 g/mol. The van der Waals surface area contributed by atoms with Crippen LogP contribution < -0.4 is 5.32 Å². The Morgan fingerprint density at radius 2 is 2.00 bits per heavy atom. The SMILES string of the molecule is CC(CCl)C(C)NCc1cc(F)ccc1F. The molecule has 1 N–H and O–H groups in total. The third-order valence-electron chi connectivity index (χ3n) is 2.72. The molecule has 0 radical (unpaired) electrons. The molecule has 0 fully saturated rings. The summed E-state index contributed by atoms with van der Waals surface area (Å²) < 4.78 is 26.2. The highest BCUT2D eigenvalue weighted by molar-refractivity contribution is 6.18. The molecule has 0 aliphatic carbocycles. The van der Waals surface area contributed by atoms with Crippen LogP contribution in [0.25, 0.3) is 0 Å². The zero-order valence-electron chi connectivity index (χ0n) is 9.43. The zero-order valence-corrected chi connectivity index (χ0v) is 10.2. The summed E-state index contributed by atoms with van der Waals surface area (Å²) in [6.07, 6.45) is 0. The van der Waals surface area contributed by atoms with E-state index >= 15 is 0 Å². The molecule has 0 spiro atoms. The summed E-state index contributed by atoms with van der Waals surface area (Å²) >= 11 is 5.71. The lowest BCUT2D eigenvalue weighted by Gasteiger charge is -2.19. The van der Waals surface area contributed by atoms with Gasteiger partial charge in [0, 0.05) is 24.0 Å². The number of hydrogen-bond donors (Lipinski definition) is 1.